The largest absolute Gasteiger partial charge is 0.456 e. The van der Waals surface area contributed by atoms with Gasteiger partial charge < -0.3 is 15.4 Å². The molecule has 0 aliphatic heterocycles. The van der Waals surface area contributed by atoms with E-state index in [1.807, 2.05) is 56.3 Å². The molecule has 2 amide bonds. The van der Waals surface area contributed by atoms with Gasteiger partial charge in [-0.3, -0.25) is 14.4 Å². The lowest BCUT2D eigenvalue weighted by Gasteiger charge is -2.10. The Hall–Kier alpha value is -3.15. The molecule has 0 aliphatic rings. The first kappa shape index (κ1) is 20.2. The second kappa shape index (κ2) is 10.1. The molecule has 2 N–H and O–H groups in total. The summed E-state index contributed by atoms with van der Waals surface area (Å²) in [7, 11) is 0. The number of ether oxygens (including phenoxy) is 1. The van der Waals surface area contributed by atoms with Crippen molar-refractivity contribution < 1.29 is 19.1 Å². The van der Waals surface area contributed by atoms with E-state index in [-0.39, 0.29) is 25.4 Å². The smallest absolute Gasteiger partial charge is 0.306 e. The molecule has 0 spiro atoms. The molecule has 2 aromatic carbocycles. The molecule has 142 valence electrons. The highest BCUT2D eigenvalue weighted by Crippen LogP contribution is 2.17. The number of benzene rings is 2. The maximum absolute atomic E-state index is 11.9. The van der Waals surface area contributed by atoms with E-state index in [0.717, 1.165) is 16.7 Å². The molecule has 6 nitrogen and oxygen atoms in total. The van der Waals surface area contributed by atoms with E-state index in [2.05, 4.69) is 10.6 Å². The van der Waals surface area contributed by atoms with Crippen LogP contribution in [0.1, 0.15) is 29.5 Å². The molecule has 0 aliphatic carbocycles. The number of hydrogen-bond acceptors (Lipinski definition) is 4. The summed E-state index contributed by atoms with van der Waals surface area (Å²) >= 11 is 0. The summed E-state index contributed by atoms with van der Waals surface area (Å²) < 4.78 is 4.93. The van der Waals surface area contributed by atoms with Crippen LogP contribution in [0, 0.1) is 13.8 Å². The van der Waals surface area contributed by atoms with Crippen LogP contribution in [0.5, 0.6) is 0 Å². The highest BCUT2D eigenvalue weighted by molar-refractivity contribution is 5.93. The van der Waals surface area contributed by atoms with E-state index in [1.54, 1.807) is 6.07 Å². The van der Waals surface area contributed by atoms with Crippen LogP contribution in [0.4, 0.5) is 5.69 Å². The third kappa shape index (κ3) is 6.93. The zero-order valence-corrected chi connectivity index (χ0v) is 15.6. The van der Waals surface area contributed by atoms with Crippen LogP contribution in [0.2, 0.25) is 0 Å². The highest BCUT2D eigenvalue weighted by Gasteiger charge is 2.11. The normalized spacial score (nSPS) is 10.1. The predicted molar refractivity (Wildman–Crippen MR) is 103 cm³/mol. The van der Waals surface area contributed by atoms with Crippen molar-refractivity contribution in [2.24, 2.45) is 0 Å². The zero-order chi connectivity index (χ0) is 19.6. The fourth-order valence-electron chi connectivity index (χ4n) is 2.39. The van der Waals surface area contributed by atoms with E-state index in [4.69, 9.17) is 4.74 Å². The summed E-state index contributed by atoms with van der Waals surface area (Å²) in [6.45, 7) is 3.89. The molecule has 0 aromatic heterocycles. The quantitative estimate of drug-likeness (QED) is 0.702. The minimum absolute atomic E-state index is 0.0181. The van der Waals surface area contributed by atoms with Gasteiger partial charge in [0.25, 0.3) is 5.91 Å². The summed E-state index contributed by atoms with van der Waals surface area (Å²) in [5.74, 6) is -1.23. The number of aryl methyl sites for hydroxylation is 1. The lowest BCUT2D eigenvalue weighted by molar-refractivity contribution is -0.148. The van der Waals surface area contributed by atoms with E-state index in [1.165, 1.54) is 0 Å². The maximum Gasteiger partial charge on any atom is 0.306 e. The van der Waals surface area contributed by atoms with E-state index >= 15 is 0 Å². The SMILES string of the molecule is Cc1cccc(NC(=O)COC(=O)CCC(=O)NCc2ccccc2)c1C. The maximum atomic E-state index is 11.9. The van der Waals surface area contributed by atoms with Crippen LogP contribution in [0.25, 0.3) is 0 Å². The van der Waals surface area contributed by atoms with Gasteiger partial charge >= 0.3 is 5.97 Å². The molecule has 0 radical (unpaired) electrons. The van der Waals surface area contributed by atoms with Crippen molar-refractivity contribution in [1.82, 2.24) is 5.32 Å². The molecule has 0 bridgehead atoms. The van der Waals surface area contributed by atoms with Gasteiger partial charge in [0.2, 0.25) is 5.91 Å². The Morgan fingerprint density at radius 3 is 2.37 bits per heavy atom. The molecule has 0 unspecified atom stereocenters. The third-order valence-electron chi connectivity index (χ3n) is 4.13. The first-order chi connectivity index (χ1) is 13.0. The minimum atomic E-state index is -0.582. The van der Waals surface area contributed by atoms with Gasteiger partial charge in [-0.2, -0.15) is 0 Å². The number of hydrogen-bond donors (Lipinski definition) is 2. The van der Waals surface area contributed by atoms with Crippen LogP contribution >= 0.6 is 0 Å². The molecule has 2 aromatic rings. The number of esters is 1. The predicted octanol–water partition coefficient (Wildman–Crippen LogP) is 2.88. The number of rotatable bonds is 8. The van der Waals surface area contributed by atoms with Gasteiger partial charge in [0.05, 0.1) is 6.42 Å². The fourth-order valence-corrected chi connectivity index (χ4v) is 2.39. The van der Waals surface area contributed by atoms with Gasteiger partial charge in [0.15, 0.2) is 6.61 Å². The summed E-state index contributed by atoms with van der Waals surface area (Å²) in [5.41, 5.74) is 3.70. The van der Waals surface area contributed by atoms with E-state index in [9.17, 15) is 14.4 Å². The second-order valence-electron chi connectivity index (χ2n) is 6.22. The topological polar surface area (TPSA) is 84.5 Å². The Balaban J connectivity index is 1.66. The second-order valence-corrected chi connectivity index (χ2v) is 6.22. The zero-order valence-electron chi connectivity index (χ0n) is 15.6. The Morgan fingerprint density at radius 1 is 0.889 bits per heavy atom. The number of nitrogens with one attached hydrogen (secondary N) is 2. The van der Waals surface area contributed by atoms with Crippen molar-refractivity contribution in [3.8, 4) is 0 Å². The number of carbonyl (C=O) groups excluding carboxylic acids is 3. The van der Waals surface area contributed by atoms with Crippen molar-refractivity contribution in [3.05, 3.63) is 65.2 Å². The van der Waals surface area contributed by atoms with Crippen molar-refractivity contribution in [1.29, 1.82) is 0 Å². The molecule has 0 heterocycles. The molecule has 27 heavy (non-hydrogen) atoms. The molecule has 6 heteroatoms. The van der Waals surface area contributed by atoms with Crippen LogP contribution in [0.15, 0.2) is 48.5 Å². The Kier molecular flexibility index (Phi) is 7.55. The molecule has 2 rings (SSSR count). The van der Waals surface area contributed by atoms with Gasteiger partial charge in [-0.05, 0) is 36.6 Å². The van der Waals surface area contributed by atoms with Crippen molar-refractivity contribution >= 4 is 23.5 Å². The van der Waals surface area contributed by atoms with Gasteiger partial charge in [0, 0.05) is 18.7 Å². The molecule has 0 fully saturated rings. The van der Waals surface area contributed by atoms with Gasteiger partial charge in [-0.15, -0.1) is 0 Å². The molecule has 0 saturated carbocycles. The van der Waals surface area contributed by atoms with Crippen molar-refractivity contribution in [2.75, 3.05) is 11.9 Å². The number of anilines is 1. The Morgan fingerprint density at radius 2 is 1.63 bits per heavy atom. The first-order valence-electron chi connectivity index (χ1n) is 8.78. The average molecular weight is 368 g/mol. The summed E-state index contributed by atoms with van der Waals surface area (Å²) in [6.07, 6.45) is -0.0539. The van der Waals surface area contributed by atoms with Crippen LogP contribution in [0.3, 0.4) is 0 Å². The highest BCUT2D eigenvalue weighted by atomic mass is 16.5. The van der Waals surface area contributed by atoms with Crippen molar-refractivity contribution in [3.63, 3.8) is 0 Å². The van der Waals surface area contributed by atoms with Gasteiger partial charge in [-0.25, -0.2) is 0 Å². The molecule has 0 saturated heterocycles. The Labute approximate surface area is 158 Å². The van der Waals surface area contributed by atoms with Crippen LogP contribution in [-0.2, 0) is 25.7 Å². The van der Waals surface area contributed by atoms with Crippen molar-refractivity contribution in [2.45, 2.75) is 33.2 Å². The van der Waals surface area contributed by atoms with Crippen LogP contribution in [-0.4, -0.2) is 24.4 Å². The average Bonchev–Trinajstić information content (AvgIpc) is 2.67. The van der Waals surface area contributed by atoms with E-state index < -0.39 is 11.9 Å². The van der Waals surface area contributed by atoms with Gasteiger partial charge in [-0.1, -0.05) is 42.5 Å². The summed E-state index contributed by atoms with van der Waals surface area (Å²) in [5, 5.41) is 5.45. The van der Waals surface area contributed by atoms with Crippen LogP contribution < -0.4 is 10.6 Å². The van der Waals surface area contributed by atoms with Gasteiger partial charge in [0.1, 0.15) is 0 Å². The number of amides is 2. The fraction of sp³-hybridized carbons (Fsp3) is 0.286. The standard InChI is InChI=1S/C21H24N2O4/c1-15-7-6-10-18(16(15)2)23-20(25)14-27-21(26)12-11-19(24)22-13-17-8-4-3-5-9-17/h3-10H,11-14H2,1-2H3,(H,22,24)(H,23,25). The molecule has 0 atom stereocenters. The molecular weight excluding hydrogens is 344 g/mol. The monoisotopic (exact) mass is 368 g/mol. The lowest BCUT2D eigenvalue weighted by Crippen LogP contribution is -2.25. The summed E-state index contributed by atoms with van der Waals surface area (Å²) in [4.78, 5) is 35.4. The third-order valence-corrected chi connectivity index (χ3v) is 4.13. The summed E-state index contributed by atoms with van der Waals surface area (Å²) in [6, 6.07) is 15.1. The number of carbonyl (C=O) groups is 3. The lowest BCUT2D eigenvalue weighted by atomic mass is 10.1. The molecular formula is C21H24N2O4. The minimum Gasteiger partial charge on any atom is -0.456 e. The Bertz CT molecular complexity index is 803. The first-order valence-corrected chi connectivity index (χ1v) is 8.78. The van der Waals surface area contributed by atoms with E-state index in [0.29, 0.717) is 12.2 Å².